The van der Waals surface area contributed by atoms with Crippen molar-refractivity contribution in [2.45, 2.75) is 24.7 Å². The van der Waals surface area contributed by atoms with E-state index in [0.29, 0.717) is 30.6 Å². The summed E-state index contributed by atoms with van der Waals surface area (Å²) in [5.74, 6) is 0.0938. The maximum atomic E-state index is 12.2. The van der Waals surface area contributed by atoms with Gasteiger partial charge in [-0.3, -0.25) is 9.59 Å². The summed E-state index contributed by atoms with van der Waals surface area (Å²) in [6.45, 7) is 0. The van der Waals surface area contributed by atoms with Gasteiger partial charge in [-0.15, -0.1) is 0 Å². The minimum absolute atomic E-state index is 0.0670. The molecule has 1 aromatic carbocycles. The highest BCUT2D eigenvalue weighted by Crippen LogP contribution is 2.40. The van der Waals surface area contributed by atoms with Gasteiger partial charge in [0, 0.05) is 6.42 Å². The van der Waals surface area contributed by atoms with Crippen molar-refractivity contribution in [2.75, 3.05) is 14.2 Å². The molecule has 1 aliphatic rings. The van der Waals surface area contributed by atoms with Crippen LogP contribution in [0.2, 0.25) is 0 Å². The van der Waals surface area contributed by atoms with Crippen molar-refractivity contribution in [3.63, 3.8) is 0 Å². The third kappa shape index (κ3) is 1.78. The third-order valence-corrected chi connectivity index (χ3v) is 3.53. The fourth-order valence-corrected chi connectivity index (χ4v) is 2.57. The highest BCUT2D eigenvalue weighted by molar-refractivity contribution is 6.11. The van der Waals surface area contributed by atoms with E-state index in [1.165, 1.54) is 7.11 Å². The number of hydrogen-bond acceptors (Lipinski definition) is 4. The lowest BCUT2D eigenvalue weighted by molar-refractivity contribution is -0.150. The predicted octanol–water partition coefficient (Wildman–Crippen LogP) is 1.86. The molecule has 1 saturated carbocycles. The molecule has 2 rings (SSSR count). The number of carbonyl (C=O) groups is 2. The molecular formula is C14H16O4. The maximum Gasteiger partial charge on any atom is 0.323 e. The fourth-order valence-electron chi connectivity index (χ4n) is 2.57. The molecule has 0 radical (unpaired) electrons. The van der Waals surface area contributed by atoms with Crippen molar-refractivity contribution in [2.24, 2.45) is 0 Å². The monoisotopic (exact) mass is 248 g/mol. The highest BCUT2D eigenvalue weighted by Gasteiger charge is 2.51. The number of ether oxygens (including phenoxy) is 2. The van der Waals surface area contributed by atoms with Crippen LogP contribution >= 0.6 is 0 Å². The standard InChI is InChI=1S/C14H16O4/c1-17-11-6-3-5-10(9-11)14(13(16)18-2)8-4-7-12(14)15/h3,5-6,9H,4,7-8H2,1-2H3/t14-/m0/s1. The summed E-state index contributed by atoms with van der Waals surface area (Å²) in [7, 11) is 2.87. The van der Waals surface area contributed by atoms with E-state index >= 15 is 0 Å². The normalized spacial score (nSPS) is 22.9. The van der Waals surface area contributed by atoms with Gasteiger partial charge in [-0.25, -0.2) is 0 Å². The lowest BCUT2D eigenvalue weighted by Crippen LogP contribution is -2.40. The number of hydrogen-bond donors (Lipinski definition) is 0. The maximum absolute atomic E-state index is 12.2. The number of ketones is 1. The number of carbonyl (C=O) groups excluding carboxylic acids is 2. The van der Waals surface area contributed by atoms with E-state index in [1.54, 1.807) is 31.4 Å². The molecule has 0 amide bonds. The number of esters is 1. The van der Waals surface area contributed by atoms with Crippen LogP contribution in [0.3, 0.4) is 0 Å². The van der Waals surface area contributed by atoms with E-state index in [2.05, 4.69) is 0 Å². The molecule has 0 heterocycles. The summed E-state index contributed by atoms with van der Waals surface area (Å²) in [6.07, 6.45) is 1.64. The Kier molecular flexibility index (Phi) is 3.36. The third-order valence-electron chi connectivity index (χ3n) is 3.53. The molecule has 0 saturated heterocycles. The lowest BCUT2D eigenvalue weighted by atomic mass is 9.78. The molecular weight excluding hydrogens is 232 g/mol. The summed E-state index contributed by atoms with van der Waals surface area (Å²) < 4.78 is 9.98. The SMILES string of the molecule is COC(=O)[C@]1(c2cccc(OC)c2)CCCC1=O. The van der Waals surface area contributed by atoms with Crippen LogP contribution in [0.4, 0.5) is 0 Å². The van der Waals surface area contributed by atoms with E-state index in [-0.39, 0.29) is 5.78 Å². The Bertz CT molecular complexity index is 480. The van der Waals surface area contributed by atoms with Crippen LogP contribution < -0.4 is 4.74 Å². The first-order valence-corrected chi connectivity index (χ1v) is 5.91. The zero-order chi connectivity index (χ0) is 13.2. The Morgan fingerprint density at radius 1 is 1.33 bits per heavy atom. The van der Waals surface area contributed by atoms with Gasteiger partial charge in [-0.2, -0.15) is 0 Å². The summed E-state index contributed by atoms with van der Waals surface area (Å²) in [5, 5.41) is 0. The Morgan fingerprint density at radius 2 is 2.11 bits per heavy atom. The van der Waals surface area contributed by atoms with Crippen LogP contribution in [0, 0.1) is 0 Å². The summed E-state index contributed by atoms with van der Waals surface area (Å²) in [4.78, 5) is 24.2. The summed E-state index contributed by atoms with van der Waals surface area (Å²) in [6, 6.07) is 7.08. The molecule has 0 aromatic heterocycles. The van der Waals surface area contributed by atoms with Crippen molar-refractivity contribution < 1.29 is 19.1 Å². The Hall–Kier alpha value is -1.84. The molecule has 4 heteroatoms. The molecule has 1 aromatic rings. The highest BCUT2D eigenvalue weighted by atomic mass is 16.5. The first-order valence-electron chi connectivity index (χ1n) is 5.91. The molecule has 96 valence electrons. The predicted molar refractivity (Wildman–Crippen MR) is 65.5 cm³/mol. The molecule has 4 nitrogen and oxygen atoms in total. The van der Waals surface area contributed by atoms with Gasteiger partial charge in [0.1, 0.15) is 5.75 Å². The van der Waals surface area contributed by atoms with Gasteiger partial charge < -0.3 is 9.47 Å². The molecule has 18 heavy (non-hydrogen) atoms. The van der Waals surface area contributed by atoms with E-state index in [4.69, 9.17) is 9.47 Å². The van der Waals surface area contributed by atoms with E-state index in [1.807, 2.05) is 0 Å². The average molecular weight is 248 g/mol. The Morgan fingerprint density at radius 3 is 2.67 bits per heavy atom. The van der Waals surface area contributed by atoms with Crippen molar-refractivity contribution in [1.29, 1.82) is 0 Å². The van der Waals surface area contributed by atoms with Gasteiger partial charge in [0.25, 0.3) is 0 Å². The van der Waals surface area contributed by atoms with Crippen LogP contribution in [-0.4, -0.2) is 26.0 Å². The quantitative estimate of drug-likeness (QED) is 0.605. The number of methoxy groups -OCH3 is 2. The van der Waals surface area contributed by atoms with Crippen LogP contribution in [0.1, 0.15) is 24.8 Å². The number of Topliss-reactive ketones (excluding diaryl/α,β-unsaturated/α-hetero) is 1. The topological polar surface area (TPSA) is 52.6 Å². The van der Waals surface area contributed by atoms with Gasteiger partial charge in [0.15, 0.2) is 11.2 Å². The molecule has 0 spiro atoms. The van der Waals surface area contributed by atoms with Gasteiger partial charge in [0.05, 0.1) is 14.2 Å². The van der Waals surface area contributed by atoms with Crippen LogP contribution in [0.25, 0.3) is 0 Å². The molecule has 0 aliphatic heterocycles. The van der Waals surface area contributed by atoms with Gasteiger partial charge in [0.2, 0.25) is 0 Å². The second-order valence-corrected chi connectivity index (χ2v) is 4.41. The first-order chi connectivity index (χ1) is 8.65. The van der Waals surface area contributed by atoms with Gasteiger partial charge >= 0.3 is 5.97 Å². The van der Waals surface area contributed by atoms with E-state index in [0.717, 1.165) is 0 Å². The summed E-state index contributed by atoms with van der Waals surface area (Å²) in [5.41, 5.74) is -0.472. The Labute approximate surface area is 106 Å². The molecule has 1 fully saturated rings. The molecule has 0 unspecified atom stereocenters. The van der Waals surface area contributed by atoms with Crippen LogP contribution in [-0.2, 0) is 19.7 Å². The van der Waals surface area contributed by atoms with Crippen molar-refractivity contribution in [3.8, 4) is 5.75 Å². The Balaban J connectivity index is 2.53. The van der Waals surface area contributed by atoms with E-state index < -0.39 is 11.4 Å². The largest absolute Gasteiger partial charge is 0.497 e. The first kappa shape index (κ1) is 12.6. The molecule has 1 aliphatic carbocycles. The number of rotatable bonds is 3. The minimum atomic E-state index is -1.14. The van der Waals surface area contributed by atoms with Crippen molar-refractivity contribution in [3.05, 3.63) is 29.8 Å². The van der Waals surface area contributed by atoms with E-state index in [9.17, 15) is 9.59 Å². The fraction of sp³-hybridized carbons (Fsp3) is 0.429. The van der Waals surface area contributed by atoms with Gasteiger partial charge in [-0.05, 0) is 30.5 Å². The summed E-state index contributed by atoms with van der Waals surface area (Å²) >= 11 is 0. The molecule has 1 atom stereocenters. The smallest absolute Gasteiger partial charge is 0.323 e. The second-order valence-electron chi connectivity index (χ2n) is 4.41. The number of benzene rings is 1. The molecule has 0 bridgehead atoms. The van der Waals surface area contributed by atoms with Gasteiger partial charge in [-0.1, -0.05) is 12.1 Å². The minimum Gasteiger partial charge on any atom is -0.497 e. The lowest BCUT2D eigenvalue weighted by Gasteiger charge is -2.25. The average Bonchev–Trinajstić information content (AvgIpc) is 2.80. The van der Waals surface area contributed by atoms with Crippen molar-refractivity contribution in [1.82, 2.24) is 0 Å². The second kappa shape index (κ2) is 4.80. The zero-order valence-electron chi connectivity index (χ0n) is 10.6. The van der Waals surface area contributed by atoms with Crippen LogP contribution in [0.15, 0.2) is 24.3 Å². The molecule has 0 N–H and O–H groups in total. The van der Waals surface area contributed by atoms with Crippen molar-refractivity contribution >= 4 is 11.8 Å². The zero-order valence-corrected chi connectivity index (χ0v) is 10.6. The van der Waals surface area contributed by atoms with Crippen LogP contribution in [0.5, 0.6) is 5.75 Å².